The van der Waals surface area contributed by atoms with Gasteiger partial charge in [-0.05, 0) is 25.5 Å². The Balaban J connectivity index is 2.79. The smallest absolute Gasteiger partial charge is 0.183 e. The van der Waals surface area contributed by atoms with Crippen LogP contribution in [0.5, 0.6) is 0 Å². The number of nitrogens with zero attached hydrogens (tertiary/aromatic N) is 2. The van der Waals surface area contributed by atoms with Crippen molar-refractivity contribution in [2.45, 2.75) is 13.8 Å². The molecule has 0 aliphatic carbocycles. The van der Waals surface area contributed by atoms with Crippen molar-refractivity contribution in [2.75, 3.05) is 5.43 Å². The lowest BCUT2D eigenvalue weighted by Gasteiger charge is -2.01. The van der Waals surface area contributed by atoms with Crippen LogP contribution in [0.3, 0.4) is 0 Å². The van der Waals surface area contributed by atoms with Crippen LogP contribution in [-0.2, 0) is 0 Å². The van der Waals surface area contributed by atoms with Gasteiger partial charge in [0.25, 0.3) is 0 Å². The molecule has 2 heterocycles. The third-order valence-electron chi connectivity index (χ3n) is 2.05. The van der Waals surface area contributed by atoms with Crippen molar-refractivity contribution in [3.05, 3.63) is 17.3 Å². The average molecular weight is 177 g/mol. The molecule has 0 spiro atoms. The van der Waals surface area contributed by atoms with Crippen molar-refractivity contribution in [2.24, 2.45) is 5.84 Å². The van der Waals surface area contributed by atoms with Crippen LogP contribution in [0.1, 0.15) is 11.3 Å². The SMILES string of the molecule is Cc1cc(NN)nc2n[nH]c(C)c12. The van der Waals surface area contributed by atoms with Crippen LogP contribution in [0, 0.1) is 13.8 Å². The van der Waals surface area contributed by atoms with Gasteiger partial charge in [0.2, 0.25) is 0 Å². The number of aromatic amines is 1. The maximum Gasteiger partial charge on any atom is 0.183 e. The van der Waals surface area contributed by atoms with Crippen LogP contribution in [0.15, 0.2) is 6.07 Å². The van der Waals surface area contributed by atoms with Gasteiger partial charge in [0.15, 0.2) is 5.65 Å². The monoisotopic (exact) mass is 177 g/mol. The number of nitrogens with two attached hydrogens (primary N) is 1. The van der Waals surface area contributed by atoms with Gasteiger partial charge in [-0.15, -0.1) is 0 Å². The first kappa shape index (κ1) is 8.00. The molecule has 5 heteroatoms. The molecule has 4 N–H and O–H groups in total. The van der Waals surface area contributed by atoms with Crippen LogP contribution in [-0.4, -0.2) is 15.2 Å². The van der Waals surface area contributed by atoms with Gasteiger partial charge in [0.1, 0.15) is 5.82 Å². The number of aryl methyl sites for hydroxylation is 2. The molecule has 0 atom stereocenters. The summed E-state index contributed by atoms with van der Waals surface area (Å²) in [6.07, 6.45) is 0. The largest absolute Gasteiger partial charge is 0.308 e. The van der Waals surface area contributed by atoms with Crippen LogP contribution in [0.4, 0.5) is 5.82 Å². The molecule has 0 radical (unpaired) electrons. The Bertz CT molecular complexity index is 445. The van der Waals surface area contributed by atoms with E-state index in [-0.39, 0.29) is 0 Å². The fourth-order valence-electron chi connectivity index (χ4n) is 1.47. The molecular formula is C8H11N5. The van der Waals surface area contributed by atoms with Crippen LogP contribution in [0.25, 0.3) is 11.0 Å². The van der Waals surface area contributed by atoms with E-state index in [4.69, 9.17) is 5.84 Å². The Morgan fingerprint density at radius 1 is 1.46 bits per heavy atom. The van der Waals surface area contributed by atoms with E-state index >= 15 is 0 Å². The highest BCUT2D eigenvalue weighted by Gasteiger charge is 2.06. The molecule has 13 heavy (non-hydrogen) atoms. The molecular weight excluding hydrogens is 166 g/mol. The summed E-state index contributed by atoms with van der Waals surface area (Å²) >= 11 is 0. The average Bonchev–Trinajstić information content (AvgIpc) is 2.48. The molecule has 2 aromatic rings. The summed E-state index contributed by atoms with van der Waals surface area (Å²) in [4.78, 5) is 4.20. The summed E-state index contributed by atoms with van der Waals surface area (Å²) in [5.74, 6) is 5.90. The van der Waals surface area contributed by atoms with E-state index in [2.05, 4.69) is 20.6 Å². The Hall–Kier alpha value is -1.62. The van der Waals surface area contributed by atoms with E-state index in [0.717, 1.165) is 16.6 Å². The minimum absolute atomic E-state index is 0.636. The predicted octanol–water partition coefficient (Wildman–Crippen LogP) is 0.860. The summed E-state index contributed by atoms with van der Waals surface area (Å²) in [5.41, 5.74) is 5.35. The maximum atomic E-state index is 5.27. The normalized spacial score (nSPS) is 10.7. The van der Waals surface area contributed by atoms with Gasteiger partial charge in [0, 0.05) is 11.1 Å². The number of pyridine rings is 1. The van der Waals surface area contributed by atoms with Gasteiger partial charge in [0.05, 0.1) is 0 Å². The molecule has 0 aliphatic rings. The molecule has 68 valence electrons. The van der Waals surface area contributed by atoms with Gasteiger partial charge < -0.3 is 5.43 Å². The maximum absolute atomic E-state index is 5.27. The first-order chi connectivity index (χ1) is 6.22. The van der Waals surface area contributed by atoms with E-state index in [1.807, 2.05) is 19.9 Å². The van der Waals surface area contributed by atoms with Crippen LogP contribution < -0.4 is 11.3 Å². The fourth-order valence-corrected chi connectivity index (χ4v) is 1.47. The second-order valence-electron chi connectivity index (χ2n) is 3.02. The summed E-state index contributed by atoms with van der Waals surface area (Å²) in [6.45, 7) is 3.98. The number of aromatic nitrogens is 3. The number of rotatable bonds is 1. The number of anilines is 1. The van der Waals surface area contributed by atoms with Crippen molar-refractivity contribution in [3.63, 3.8) is 0 Å². The molecule has 0 saturated carbocycles. The van der Waals surface area contributed by atoms with Gasteiger partial charge in [-0.25, -0.2) is 10.8 Å². The van der Waals surface area contributed by atoms with Crippen LogP contribution >= 0.6 is 0 Å². The number of hydrazine groups is 1. The zero-order valence-electron chi connectivity index (χ0n) is 7.55. The number of fused-ring (bicyclic) bond motifs is 1. The number of nitrogens with one attached hydrogen (secondary N) is 2. The van der Waals surface area contributed by atoms with E-state index in [9.17, 15) is 0 Å². The van der Waals surface area contributed by atoms with Crippen molar-refractivity contribution < 1.29 is 0 Å². The molecule has 0 amide bonds. The Kier molecular flexibility index (Phi) is 1.66. The second-order valence-corrected chi connectivity index (χ2v) is 3.02. The molecule has 2 rings (SSSR count). The van der Waals surface area contributed by atoms with E-state index in [1.54, 1.807) is 0 Å². The van der Waals surface area contributed by atoms with Crippen molar-refractivity contribution in [1.29, 1.82) is 0 Å². The predicted molar refractivity (Wildman–Crippen MR) is 51.2 cm³/mol. The molecule has 0 saturated heterocycles. The molecule has 0 bridgehead atoms. The third-order valence-corrected chi connectivity index (χ3v) is 2.05. The summed E-state index contributed by atoms with van der Waals surface area (Å²) < 4.78 is 0. The van der Waals surface area contributed by atoms with Crippen molar-refractivity contribution in [1.82, 2.24) is 15.2 Å². The van der Waals surface area contributed by atoms with Crippen molar-refractivity contribution >= 4 is 16.9 Å². The Labute approximate surface area is 75.3 Å². The second kappa shape index (κ2) is 2.70. The highest BCUT2D eigenvalue weighted by atomic mass is 15.3. The van der Waals surface area contributed by atoms with Crippen LogP contribution in [0.2, 0.25) is 0 Å². The quantitative estimate of drug-likeness (QED) is 0.446. The summed E-state index contributed by atoms with van der Waals surface area (Å²) in [6, 6.07) is 1.89. The van der Waals surface area contributed by atoms with Gasteiger partial charge in [-0.2, -0.15) is 5.10 Å². The minimum atomic E-state index is 0.636. The highest BCUT2D eigenvalue weighted by molar-refractivity contribution is 5.82. The number of hydrogen-bond donors (Lipinski definition) is 3. The summed E-state index contributed by atoms with van der Waals surface area (Å²) in [5, 5.41) is 8.01. The number of nitrogen functional groups attached to an aromatic ring is 1. The molecule has 0 unspecified atom stereocenters. The molecule has 2 aromatic heterocycles. The van der Waals surface area contributed by atoms with E-state index in [1.165, 1.54) is 0 Å². The van der Waals surface area contributed by atoms with Gasteiger partial charge in [-0.3, -0.25) is 5.10 Å². The lowest BCUT2D eigenvalue weighted by atomic mass is 10.2. The molecule has 0 fully saturated rings. The Morgan fingerprint density at radius 2 is 2.23 bits per heavy atom. The van der Waals surface area contributed by atoms with Crippen molar-refractivity contribution in [3.8, 4) is 0 Å². The van der Waals surface area contributed by atoms with Gasteiger partial charge >= 0.3 is 0 Å². The van der Waals surface area contributed by atoms with E-state index < -0.39 is 0 Å². The fraction of sp³-hybridized carbons (Fsp3) is 0.250. The first-order valence-corrected chi connectivity index (χ1v) is 4.01. The minimum Gasteiger partial charge on any atom is -0.308 e. The topological polar surface area (TPSA) is 79.6 Å². The molecule has 0 aromatic carbocycles. The zero-order valence-corrected chi connectivity index (χ0v) is 7.55. The lowest BCUT2D eigenvalue weighted by molar-refractivity contribution is 1.05. The number of H-pyrrole nitrogens is 1. The molecule has 0 aliphatic heterocycles. The number of hydrogen-bond acceptors (Lipinski definition) is 4. The van der Waals surface area contributed by atoms with E-state index in [0.29, 0.717) is 11.5 Å². The van der Waals surface area contributed by atoms with Gasteiger partial charge in [-0.1, -0.05) is 0 Å². The standard InChI is InChI=1S/C8H11N5/c1-4-3-6(11-9)10-8-7(4)5(2)12-13-8/h3H,9H2,1-2H3,(H2,10,11,12,13). The molecule has 5 nitrogen and oxygen atoms in total. The Morgan fingerprint density at radius 3 is 2.92 bits per heavy atom. The third kappa shape index (κ3) is 1.13. The first-order valence-electron chi connectivity index (χ1n) is 4.01. The zero-order chi connectivity index (χ0) is 9.42. The highest BCUT2D eigenvalue weighted by Crippen LogP contribution is 2.20. The lowest BCUT2D eigenvalue weighted by Crippen LogP contribution is -2.08. The summed E-state index contributed by atoms with van der Waals surface area (Å²) in [7, 11) is 0.